The number of carbonyl (C=O) groups excluding carboxylic acids is 4. The third-order valence-corrected chi connectivity index (χ3v) is 11.3. The average molecular weight is 732 g/mol. The lowest BCUT2D eigenvalue weighted by atomic mass is 9.82. The number of benzene rings is 1. The lowest BCUT2D eigenvalue weighted by molar-refractivity contribution is -0.152. The van der Waals surface area contributed by atoms with Gasteiger partial charge in [0.2, 0.25) is 23.6 Å². The Morgan fingerprint density at radius 3 is 2.02 bits per heavy atom. The van der Waals surface area contributed by atoms with Crippen LogP contribution in [-0.4, -0.2) is 115 Å². The summed E-state index contributed by atoms with van der Waals surface area (Å²) >= 11 is 0. The summed E-state index contributed by atoms with van der Waals surface area (Å²) in [6, 6.07) is 6.98. The van der Waals surface area contributed by atoms with Crippen molar-refractivity contribution in [3.63, 3.8) is 0 Å². The molecule has 1 aliphatic rings. The zero-order chi connectivity index (χ0) is 39.5. The fourth-order valence-corrected chi connectivity index (χ4v) is 7.95. The molecule has 1 aliphatic heterocycles. The molecule has 4 amide bonds. The van der Waals surface area contributed by atoms with E-state index in [0.29, 0.717) is 18.5 Å². The van der Waals surface area contributed by atoms with E-state index in [9.17, 15) is 24.3 Å². The maximum atomic E-state index is 14.3. The molecule has 1 heterocycles. The first kappa shape index (κ1) is 45.1. The number of rotatable bonds is 20. The van der Waals surface area contributed by atoms with Crippen molar-refractivity contribution in [3.8, 4) is 0 Å². The molecule has 12 nitrogen and oxygen atoms in total. The standard InChI is InChI=1S/C40H69N5O7/c1-14-26(6)34(44(11)39(50)33(25(4)5)43-38(49)32(41-10)24(2)3)30(51-12)23-31(46)45-22-18-21-40(45,9)36(52-13)27(7)37(48)42-28(8)35(47)29-19-16-15-17-20-29/h15-17,19-20,24-28,30,32-36,41,47H,14,18,21-23H2,1-13H3,(H,42,48)(H,43,49)/t26-,27+,28+,30+,32-,33-,34-,35+,36+,40-/m0/s1. The van der Waals surface area contributed by atoms with E-state index in [1.807, 2.05) is 83.7 Å². The Labute approximate surface area is 313 Å². The number of nitrogens with zero attached hydrogens (tertiary/aromatic N) is 2. The number of hydrogen-bond acceptors (Lipinski definition) is 8. The molecule has 1 fully saturated rings. The lowest BCUT2D eigenvalue weighted by Crippen LogP contribution is -2.60. The summed E-state index contributed by atoms with van der Waals surface area (Å²) in [6.07, 6.45) is -0.00641. The van der Waals surface area contributed by atoms with E-state index in [1.54, 1.807) is 47.1 Å². The maximum absolute atomic E-state index is 14.3. The SMILES string of the molecule is CC[C@H](C)[C@@H]([C@@H](CC(=O)N1CCC[C@@]1(C)[C@H](OC)[C@@H](C)C(=O)N[C@H](C)[C@@H](O)c1ccccc1)OC)N(C)C(=O)[C@@H](NC(=O)[C@@H](NC)C(C)C)C(C)C. The summed E-state index contributed by atoms with van der Waals surface area (Å²) in [5.74, 6) is -1.70. The summed E-state index contributed by atoms with van der Waals surface area (Å²) in [6.45, 7) is 17.8. The molecule has 1 aromatic rings. The molecule has 10 atom stereocenters. The number of nitrogens with one attached hydrogen (secondary N) is 3. The van der Waals surface area contributed by atoms with E-state index in [4.69, 9.17) is 9.47 Å². The van der Waals surface area contributed by atoms with Crippen LogP contribution in [0.2, 0.25) is 0 Å². The fraction of sp³-hybridized carbons (Fsp3) is 0.750. The minimum atomic E-state index is -0.884. The lowest BCUT2D eigenvalue weighted by Gasteiger charge is -2.44. The molecule has 52 heavy (non-hydrogen) atoms. The number of likely N-dealkylation sites (N-methyl/N-ethyl adjacent to an activating group) is 2. The molecule has 296 valence electrons. The minimum absolute atomic E-state index is 0.0178. The third kappa shape index (κ3) is 10.8. The number of methoxy groups -OCH3 is 2. The highest BCUT2D eigenvalue weighted by Gasteiger charge is 2.50. The Kier molecular flexibility index (Phi) is 17.7. The first-order valence-electron chi connectivity index (χ1n) is 19.0. The average Bonchev–Trinajstić information content (AvgIpc) is 3.51. The number of hydrogen-bond donors (Lipinski definition) is 4. The number of amides is 4. The molecule has 0 aromatic heterocycles. The highest BCUT2D eigenvalue weighted by atomic mass is 16.5. The number of ether oxygens (including phenoxy) is 2. The van der Waals surface area contributed by atoms with Crippen molar-refractivity contribution >= 4 is 23.6 Å². The fourth-order valence-electron chi connectivity index (χ4n) is 7.95. The minimum Gasteiger partial charge on any atom is -0.386 e. The highest BCUT2D eigenvalue weighted by Crippen LogP contribution is 2.38. The van der Waals surface area contributed by atoms with Crippen LogP contribution in [0, 0.1) is 23.7 Å². The maximum Gasteiger partial charge on any atom is 0.245 e. The predicted molar refractivity (Wildman–Crippen MR) is 204 cm³/mol. The van der Waals surface area contributed by atoms with Crippen LogP contribution in [0.3, 0.4) is 0 Å². The third-order valence-electron chi connectivity index (χ3n) is 11.3. The van der Waals surface area contributed by atoms with Crippen molar-refractivity contribution in [1.29, 1.82) is 0 Å². The Bertz CT molecular complexity index is 1300. The predicted octanol–water partition coefficient (Wildman–Crippen LogP) is 3.92. The Morgan fingerprint density at radius 1 is 0.923 bits per heavy atom. The van der Waals surface area contributed by atoms with Gasteiger partial charge in [0, 0.05) is 27.8 Å². The molecule has 0 radical (unpaired) electrons. The van der Waals surface area contributed by atoms with Gasteiger partial charge in [-0.25, -0.2) is 0 Å². The summed E-state index contributed by atoms with van der Waals surface area (Å²) < 4.78 is 12.0. The van der Waals surface area contributed by atoms with Gasteiger partial charge in [0.25, 0.3) is 0 Å². The van der Waals surface area contributed by atoms with Crippen molar-refractivity contribution in [3.05, 3.63) is 35.9 Å². The van der Waals surface area contributed by atoms with Crippen LogP contribution < -0.4 is 16.0 Å². The highest BCUT2D eigenvalue weighted by molar-refractivity contribution is 5.90. The quantitative estimate of drug-likeness (QED) is 0.158. The second-order valence-corrected chi connectivity index (χ2v) is 15.6. The monoisotopic (exact) mass is 732 g/mol. The van der Waals surface area contributed by atoms with Crippen LogP contribution in [0.15, 0.2) is 30.3 Å². The van der Waals surface area contributed by atoms with Gasteiger partial charge in [-0.3, -0.25) is 19.2 Å². The largest absolute Gasteiger partial charge is 0.386 e. The van der Waals surface area contributed by atoms with Crippen molar-refractivity contribution in [1.82, 2.24) is 25.8 Å². The molecule has 0 unspecified atom stereocenters. The van der Waals surface area contributed by atoms with Crippen LogP contribution in [0.4, 0.5) is 0 Å². The van der Waals surface area contributed by atoms with Gasteiger partial charge in [0.15, 0.2) is 0 Å². The molecule has 4 N–H and O–H groups in total. The first-order chi connectivity index (χ1) is 24.4. The zero-order valence-corrected chi connectivity index (χ0v) is 34.1. The van der Waals surface area contributed by atoms with Gasteiger partial charge < -0.3 is 40.3 Å². The molecule has 2 rings (SSSR count). The van der Waals surface area contributed by atoms with Crippen LogP contribution in [-0.2, 0) is 28.7 Å². The van der Waals surface area contributed by atoms with Gasteiger partial charge in [-0.1, -0.05) is 85.2 Å². The van der Waals surface area contributed by atoms with Crippen molar-refractivity contribution in [2.75, 3.05) is 34.9 Å². The smallest absolute Gasteiger partial charge is 0.245 e. The Morgan fingerprint density at radius 2 is 1.52 bits per heavy atom. The van der Waals surface area contributed by atoms with Gasteiger partial charge in [0.05, 0.1) is 54.3 Å². The van der Waals surface area contributed by atoms with E-state index in [2.05, 4.69) is 16.0 Å². The molecular weight excluding hydrogens is 662 g/mol. The first-order valence-corrected chi connectivity index (χ1v) is 19.0. The van der Waals surface area contributed by atoms with E-state index >= 15 is 0 Å². The summed E-state index contributed by atoms with van der Waals surface area (Å²) in [5, 5.41) is 19.9. The van der Waals surface area contributed by atoms with E-state index in [-0.39, 0.29) is 47.8 Å². The molecule has 1 saturated heterocycles. The number of likely N-dealkylation sites (tertiary alicyclic amines) is 1. The van der Waals surface area contributed by atoms with E-state index in [0.717, 1.165) is 12.8 Å². The Hall–Kier alpha value is -3.06. The second kappa shape index (κ2) is 20.4. The molecule has 0 bridgehead atoms. The van der Waals surface area contributed by atoms with Crippen molar-refractivity contribution in [2.45, 2.75) is 136 Å². The number of aliphatic hydroxyl groups excluding tert-OH is 1. The number of carbonyl (C=O) groups is 4. The summed E-state index contributed by atoms with van der Waals surface area (Å²) in [5.41, 5.74) is -0.0807. The van der Waals surface area contributed by atoms with E-state index < -0.39 is 53.9 Å². The topological polar surface area (TPSA) is 150 Å². The van der Waals surface area contributed by atoms with Gasteiger partial charge in [-0.05, 0) is 57.1 Å². The summed E-state index contributed by atoms with van der Waals surface area (Å²) in [4.78, 5) is 58.8. The van der Waals surface area contributed by atoms with Gasteiger partial charge in [-0.2, -0.15) is 0 Å². The van der Waals surface area contributed by atoms with E-state index in [1.165, 1.54) is 0 Å². The van der Waals surface area contributed by atoms with Gasteiger partial charge in [0.1, 0.15) is 6.04 Å². The van der Waals surface area contributed by atoms with Crippen molar-refractivity contribution < 1.29 is 33.8 Å². The molecule has 0 saturated carbocycles. The molecular formula is C40H69N5O7. The molecule has 1 aromatic carbocycles. The van der Waals surface area contributed by atoms with Crippen LogP contribution in [0.25, 0.3) is 0 Å². The second-order valence-electron chi connectivity index (χ2n) is 15.6. The van der Waals surface area contributed by atoms with Crippen LogP contribution in [0.5, 0.6) is 0 Å². The zero-order valence-electron chi connectivity index (χ0n) is 34.1. The molecule has 0 aliphatic carbocycles. The number of aliphatic hydroxyl groups is 1. The van der Waals surface area contributed by atoms with Crippen LogP contribution >= 0.6 is 0 Å². The molecule has 0 spiro atoms. The van der Waals surface area contributed by atoms with Gasteiger partial charge >= 0.3 is 0 Å². The van der Waals surface area contributed by atoms with Crippen molar-refractivity contribution in [2.24, 2.45) is 23.7 Å². The van der Waals surface area contributed by atoms with Crippen LogP contribution in [0.1, 0.15) is 99.7 Å². The normalized spacial score (nSPS) is 21.4. The summed E-state index contributed by atoms with van der Waals surface area (Å²) in [7, 11) is 6.58. The molecule has 12 heteroatoms. The van der Waals surface area contributed by atoms with Gasteiger partial charge in [-0.15, -0.1) is 0 Å². The Balaban J connectivity index is 2.30.